The van der Waals surface area contributed by atoms with Crippen LogP contribution < -0.4 is 15.2 Å². The third-order valence-electron chi connectivity index (χ3n) is 6.67. The van der Waals surface area contributed by atoms with Gasteiger partial charge in [-0.2, -0.15) is 0 Å². The summed E-state index contributed by atoms with van der Waals surface area (Å²) in [6.45, 7) is 0.165. The SMILES string of the molecule is O=C1c2c(O)c(=O)ccn2N2C(c3ccccc3)c3cc(F)c(F)cc3OCCC2N1C1CC1. The van der Waals surface area contributed by atoms with Crippen molar-refractivity contribution in [2.75, 3.05) is 11.6 Å². The Labute approximate surface area is 193 Å². The summed E-state index contributed by atoms with van der Waals surface area (Å²) in [4.78, 5) is 27.5. The summed E-state index contributed by atoms with van der Waals surface area (Å²) in [7, 11) is 0. The molecule has 9 heteroatoms. The Morgan fingerprint density at radius 2 is 1.71 bits per heavy atom. The van der Waals surface area contributed by atoms with E-state index >= 15 is 0 Å². The second-order valence-electron chi connectivity index (χ2n) is 8.78. The van der Waals surface area contributed by atoms with Gasteiger partial charge in [0.1, 0.15) is 18.0 Å². The number of benzene rings is 2. The molecule has 3 aromatic rings. The molecule has 0 saturated heterocycles. The smallest absolute Gasteiger partial charge is 0.278 e. The highest BCUT2D eigenvalue weighted by atomic mass is 19.2. The van der Waals surface area contributed by atoms with Gasteiger partial charge in [-0.3, -0.25) is 19.3 Å². The van der Waals surface area contributed by atoms with Crippen molar-refractivity contribution in [2.45, 2.75) is 37.5 Å². The van der Waals surface area contributed by atoms with E-state index in [0.29, 0.717) is 12.0 Å². The van der Waals surface area contributed by atoms with Gasteiger partial charge in [0.15, 0.2) is 23.1 Å². The van der Waals surface area contributed by atoms with Crippen molar-refractivity contribution >= 4 is 5.91 Å². The van der Waals surface area contributed by atoms with Crippen LogP contribution in [0.15, 0.2) is 59.5 Å². The summed E-state index contributed by atoms with van der Waals surface area (Å²) >= 11 is 0. The van der Waals surface area contributed by atoms with Crippen molar-refractivity contribution in [3.05, 3.63) is 93.4 Å². The first-order valence-corrected chi connectivity index (χ1v) is 11.2. The molecule has 3 heterocycles. The normalized spacial score (nSPS) is 21.6. The molecule has 34 heavy (non-hydrogen) atoms. The van der Waals surface area contributed by atoms with Crippen molar-refractivity contribution in [3.63, 3.8) is 0 Å². The van der Waals surface area contributed by atoms with E-state index in [2.05, 4.69) is 0 Å². The molecule has 3 aliphatic rings. The largest absolute Gasteiger partial charge is 0.502 e. The van der Waals surface area contributed by atoms with Gasteiger partial charge >= 0.3 is 0 Å². The second-order valence-corrected chi connectivity index (χ2v) is 8.78. The molecular weight excluding hydrogens is 444 g/mol. The zero-order valence-corrected chi connectivity index (χ0v) is 18.0. The standard InChI is InChI=1S/C25H21F2N3O4/c26-17-12-16-20(13-18(17)27)34-11-9-21-29(15-6-7-15)25(33)23-24(32)19(31)8-10-28(23)30(21)22(16)14-4-2-1-3-5-14/h1-5,8,10,12-13,15,21-22,32H,6-7,9,11H2. The molecule has 0 radical (unpaired) electrons. The summed E-state index contributed by atoms with van der Waals surface area (Å²) < 4.78 is 36.1. The minimum Gasteiger partial charge on any atom is -0.502 e. The van der Waals surface area contributed by atoms with E-state index in [0.717, 1.165) is 30.5 Å². The van der Waals surface area contributed by atoms with Crippen molar-refractivity contribution in [1.82, 2.24) is 9.58 Å². The Balaban J connectivity index is 1.67. The molecule has 7 nitrogen and oxygen atoms in total. The molecule has 1 aromatic heterocycles. The van der Waals surface area contributed by atoms with E-state index in [1.165, 1.54) is 16.9 Å². The van der Waals surface area contributed by atoms with E-state index in [1.807, 2.05) is 35.3 Å². The first-order chi connectivity index (χ1) is 16.5. The molecule has 1 saturated carbocycles. The van der Waals surface area contributed by atoms with Gasteiger partial charge in [0.2, 0.25) is 5.43 Å². The molecule has 0 spiro atoms. The zero-order chi connectivity index (χ0) is 23.6. The molecule has 1 fully saturated rings. The third-order valence-corrected chi connectivity index (χ3v) is 6.67. The van der Waals surface area contributed by atoms with Gasteiger partial charge in [-0.1, -0.05) is 30.3 Å². The lowest BCUT2D eigenvalue weighted by molar-refractivity contribution is 0.0474. The number of carbonyl (C=O) groups is 1. The van der Waals surface area contributed by atoms with Crippen LogP contribution in [-0.2, 0) is 0 Å². The fourth-order valence-corrected chi connectivity index (χ4v) is 5.03. The highest BCUT2D eigenvalue weighted by Gasteiger charge is 2.49. The number of carbonyl (C=O) groups excluding carboxylic acids is 1. The fourth-order valence-electron chi connectivity index (χ4n) is 5.03. The Kier molecular flexibility index (Phi) is 4.62. The molecule has 2 atom stereocenters. The first kappa shape index (κ1) is 20.7. The van der Waals surface area contributed by atoms with Crippen LogP contribution in [-0.4, -0.2) is 39.4 Å². The molecule has 6 rings (SSSR count). The Bertz CT molecular complexity index is 1360. The quantitative estimate of drug-likeness (QED) is 0.629. The van der Waals surface area contributed by atoms with E-state index in [9.17, 15) is 23.5 Å². The van der Waals surface area contributed by atoms with Crippen LogP contribution in [0.2, 0.25) is 0 Å². The lowest BCUT2D eigenvalue weighted by Gasteiger charge is -2.51. The average Bonchev–Trinajstić information content (AvgIpc) is 3.65. The summed E-state index contributed by atoms with van der Waals surface area (Å²) in [6, 6.07) is 11.8. The molecule has 0 bridgehead atoms. The predicted octanol–water partition coefficient (Wildman–Crippen LogP) is 3.29. The average molecular weight is 465 g/mol. The summed E-state index contributed by atoms with van der Waals surface area (Å²) in [5.74, 6) is -2.90. The lowest BCUT2D eigenvalue weighted by Crippen LogP contribution is -2.63. The maximum Gasteiger partial charge on any atom is 0.278 e. The number of fused-ring (bicyclic) bond motifs is 4. The number of pyridine rings is 1. The number of aromatic hydroxyl groups is 1. The Morgan fingerprint density at radius 3 is 2.44 bits per heavy atom. The van der Waals surface area contributed by atoms with Crippen LogP contribution in [0.4, 0.5) is 8.78 Å². The summed E-state index contributed by atoms with van der Waals surface area (Å²) in [5.41, 5.74) is 0.333. The van der Waals surface area contributed by atoms with Crippen LogP contribution in [0, 0.1) is 11.6 Å². The van der Waals surface area contributed by atoms with Crippen LogP contribution >= 0.6 is 0 Å². The first-order valence-electron chi connectivity index (χ1n) is 11.2. The maximum absolute atomic E-state index is 14.5. The van der Waals surface area contributed by atoms with Crippen molar-refractivity contribution in [2.24, 2.45) is 0 Å². The highest BCUT2D eigenvalue weighted by molar-refractivity contribution is 5.97. The topological polar surface area (TPSA) is 75.0 Å². The summed E-state index contributed by atoms with van der Waals surface area (Å²) in [5, 5.41) is 12.5. The molecule has 2 aliphatic heterocycles. The predicted molar refractivity (Wildman–Crippen MR) is 118 cm³/mol. The Morgan fingerprint density at radius 1 is 0.971 bits per heavy atom. The highest BCUT2D eigenvalue weighted by Crippen LogP contribution is 2.44. The molecule has 1 aliphatic carbocycles. The van der Waals surface area contributed by atoms with Crippen molar-refractivity contribution in [1.29, 1.82) is 0 Å². The number of hydrogen-bond donors (Lipinski definition) is 1. The molecule has 1 N–H and O–H groups in total. The molecule has 2 aromatic carbocycles. The van der Waals surface area contributed by atoms with Crippen molar-refractivity contribution in [3.8, 4) is 11.5 Å². The maximum atomic E-state index is 14.5. The third kappa shape index (κ3) is 3.07. The van der Waals surface area contributed by atoms with Gasteiger partial charge in [-0.25, -0.2) is 8.78 Å². The van der Waals surface area contributed by atoms with Crippen LogP contribution in [0.25, 0.3) is 0 Å². The summed E-state index contributed by atoms with van der Waals surface area (Å²) in [6.07, 6.45) is 2.95. The number of nitrogens with zero attached hydrogens (tertiary/aromatic N) is 3. The van der Waals surface area contributed by atoms with Gasteiger partial charge in [-0.05, 0) is 24.5 Å². The lowest BCUT2D eigenvalue weighted by atomic mass is 9.94. The van der Waals surface area contributed by atoms with Gasteiger partial charge in [-0.15, -0.1) is 0 Å². The second kappa shape index (κ2) is 7.58. The number of rotatable bonds is 2. The Hall–Kier alpha value is -3.88. The van der Waals surface area contributed by atoms with Crippen LogP contribution in [0.1, 0.15) is 46.9 Å². The minimum absolute atomic E-state index is 0.0382. The number of ether oxygens (including phenoxy) is 1. The molecule has 2 unspecified atom stereocenters. The van der Waals surface area contributed by atoms with Gasteiger partial charge in [0, 0.05) is 36.4 Å². The van der Waals surface area contributed by atoms with Gasteiger partial charge < -0.3 is 14.7 Å². The van der Waals surface area contributed by atoms with Gasteiger partial charge in [0.25, 0.3) is 5.91 Å². The van der Waals surface area contributed by atoms with Crippen LogP contribution in [0.3, 0.4) is 0 Å². The van der Waals surface area contributed by atoms with Crippen molar-refractivity contribution < 1.29 is 23.4 Å². The van der Waals surface area contributed by atoms with E-state index in [1.54, 1.807) is 4.90 Å². The molecule has 1 amide bonds. The van der Waals surface area contributed by atoms with Crippen LogP contribution in [0.5, 0.6) is 11.5 Å². The number of amides is 1. The fraction of sp³-hybridized carbons (Fsp3) is 0.280. The number of aromatic nitrogens is 1. The monoisotopic (exact) mass is 465 g/mol. The van der Waals surface area contributed by atoms with E-state index < -0.39 is 40.9 Å². The van der Waals surface area contributed by atoms with Gasteiger partial charge in [0.05, 0.1) is 6.61 Å². The zero-order valence-electron chi connectivity index (χ0n) is 18.0. The molecule has 174 valence electrons. The number of hydrogen-bond acceptors (Lipinski definition) is 5. The number of halogens is 2. The van der Waals surface area contributed by atoms with E-state index in [-0.39, 0.29) is 24.1 Å². The molecular formula is C25H21F2N3O4. The van der Waals surface area contributed by atoms with E-state index in [4.69, 9.17) is 4.74 Å². The minimum atomic E-state index is -1.02.